The number of hydrogen-bond donors (Lipinski definition) is 2. The van der Waals surface area contributed by atoms with E-state index in [2.05, 4.69) is 15.5 Å². The first kappa shape index (κ1) is 24.1. The van der Waals surface area contributed by atoms with Crippen LogP contribution in [0.15, 0.2) is 83.4 Å². The largest absolute Gasteiger partial charge is 0.491 e. The number of aromatic nitrogens is 2. The van der Waals surface area contributed by atoms with E-state index in [1.807, 2.05) is 61.5 Å². The van der Waals surface area contributed by atoms with Crippen molar-refractivity contribution in [2.24, 2.45) is 0 Å². The monoisotopic (exact) mass is 474 g/mol. The van der Waals surface area contributed by atoms with Gasteiger partial charge in [-0.15, -0.1) is 0 Å². The van der Waals surface area contributed by atoms with Gasteiger partial charge in [-0.2, -0.15) is 4.98 Å². The highest BCUT2D eigenvalue weighted by molar-refractivity contribution is 5.56. The third kappa shape index (κ3) is 6.50. The van der Waals surface area contributed by atoms with E-state index in [1.165, 1.54) is 12.1 Å². The van der Waals surface area contributed by atoms with Gasteiger partial charge in [-0.05, 0) is 42.7 Å². The molecule has 0 unspecified atom stereocenters. The minimum atomic E-state index is -0.759. The molecule has 2 N–H and O–H groups in total. The van der Waals surface area contributed by atoms with Gasteiger partial charge in [0.25, 0.3) is 5.69 Å². The van der Waals surface area contributed by atoms with E-state index in [4.69, 9.17) is 9.26 Å². The summed E-state index contributed by atoms with van der Waals surface area (Å²) in [6, 6.07) is 23.1. The zero-order valence-electron chi connectivity index (χ0n) is 19.2. The fraction of sp³-hybridized carbons (Fsp3) is 0.231. The van der Waals surface area contributed by atoms with E-state index in [1.54, 1.807) is 12.1 Å². The van der Waals surface area contributed by atoms with Gasteiger partial charge in [-0.1, -0.05) is 53.7 Å². The molecule has 0 aliphatic carbocycles. The number of para-hydroxylation sites is 1. The number of nitro groups is 1. The van der Waals surface area contributed by atoms with E-state index < -0.39 is 11.0 Å². The molecule has 0 saturated carbocycles. The van der Waals surface area contributed by atoms with Crippen LogP contribution in [0.3, 0.4) is 0 Å². The van der Waals surface area contributed by atoms with Crippen molar-refractivity contribution >= 4 is 5.69 Å². The van der Waals surface area contributed by atoms with Crippen molar-refractivity contribution in [3.8, 4) is 17.1 Å². The summed E-state index contributed by atoms with van der Waals surface area (Å²) in [5, 5.41) is 28.8. The van der Waals surface area contributed by atoms with Crippen LogP contribution in [0.5, 0.6) is 5.75 Å². The molecule has 35 heavy (non-hydrogen) atoms. The summed E-state index contributed by atoms with van der Waals surface area (Å²) in [5.74, 6) is 1.42. The van der Waals surface area contributed by atoms with Gasteiger partial charge in [0.2, 0.25) is 11.7 Å². The van der Waals surface area contributed by atoms with Crippen LogP contribution < -0.4 is 10.1 Å². The molecule has 180 valence electrons. The molecule has 0 radical (unpaired) electrons. The Balaban J connectivity index is 1.45. The summed E-state index contributed by atoms with van der Waals surface area (Å²) in [5.41, 5.74) is 2.66. The standard InChI is InChI=1S/C26H26N4O5/c1-18-7-5-6-10-24(18)34-17-22(31)16-27-23(15-19-8-3-2-4-9-19)26-28-25(29-35-26)20-11-13-21(14-12-20)30(32)33/h2-14,22-23,27,31H,15-17H2,1H3/t22-,23-/m0/s1. The molecule has 4 aromatic rings. The van der Waals surface area contributed by atoms with Gasteiger partial charge >= 0.3 is 0 Å². The highest BCUT2D eigenvalue weighted by Gasteiger charge is 2.22. The second-order valence-corrected chi connectivity index (χ2v) is 8.14. The highest BCUT2D eigenvalue weighted by Crippen LogP contribution is 2.23. The summed E-state index contributed by atoms with van der Waals surface area (Å²) >= 11 is 0. The maximum atomic E-state index is 10.9. The number of aliphatic hydroxyl groups excluding tert-OH is 1. The van der Waals surface area contributed by atoms with Gasteiger partial charge in [0.1, 0.15) is 18.5 Å². The second-order valence-electron chi connectivity index (χ2n) is 8.14. The van der Waals surface area contributed by atoms with Crippen molar-refractivity contribution in [2.45, 2.75) is 25.5 Å². The Morgan fingerprint density at radius 1 is 1.06 bits per heavy atom. The summed E-state index contributed by atoms with van der Waals surface area (Å²) in [6.07, 6.45) is -0.196. The van der Waals surface area contributed by atoms with Crippen LogP contribution in [0.1, 0.15) is 23.1 Å². The number of nitro benzene ring substituents is 1. The Kier molecular flexibility index (Phi) is 7.81. The Hall–Kier alpha value is -4.08. The Labute approximate surface area is 202 Å². The molecule has 0 aliphatic heterocycles. The minimum Gasteiger partial charge on any atom is -0.491 e. The summed E-state index contributed by atoms with van der Waals surface area (Å²) in [7, 11) is 0. The van der Waals surface area contributed by atoms with Crippen LogP contribution in [0.4, 0.5) is 5.69 Å². The number of rotatable bonds is 11. The first-order valence-corrected chi connectivity index (χ1v) is 11.2. The van der Waals surface area contributed by atoms with Gasteiger partial charge in [0.15, 0.2) is 0 Å². The normalized spacial score (nSPS) is 12.7. The molecule has 0 aliphatic rings. The van der Waals surface area contributed by atoms with Crippen LogP contribution in [0.2, 0.25) is 0 Å². The van der Waals surface area contributed by atoms with Crippen LogP contribution in [0, 0.1) is 17.0 Å². The molecule has 2 atom stereocenters. The number of benzene rings is 3. The average molecular weight is 475 g/mol. The maximum Gasteiger partial charge on any atom is 0.269 e. The molecule has 0 fully saturated rings. The average Bonchev–Trinajstić information content (AvgIpc) is 3.37. The fourth-order valence-electron chi connectivity index (χ4n) is 3.56. The first-order valence-electron chi connectivity index (χ1n) is 11.2. The number of hydrogen-bond acceptors (Lipinski definition) is 8. The molecule has 1 heterocycles. The lowest BCUT2D eigenvalue weighted by molar-refractivity contribution is -0.384. The van der Waals surface area contributed by atoms with Crippen LogP contribution >= 0.6 is 0 Å². The van der Waals surface area contributed by atoms with Crippen molar-refractivity contribution in [2.75, 3.05) is 13.2 Å². The molecule has 0 bridgehead atoms. The molecule has 1 aromatic heterocycles. The van der Waals surface area contributed by atoms with Crippen LogP contribution in [-0.2, 0) is 6.42 Å². The summed E-state index contributed by atoms with van der Waals surface area (Å²) in [6.45, 7) is 2.33. The van der Waals surface area contributed by atoms with Gasteiger partial charge < -0.3 is 19.7 Å². The molecular formula is C26H26N4O5. The van der Waals surface area contributed by atoms with Gasteiger partial charge in [0, 0.05) is 24.2 Å². The first-order chi connectivity index (χ1) is 17.0. The number of non-ortho nitro benzene ring substituents is 1. The van der Waals surface area contributed by atoms with Crippen molar-refractivity contribution in [3.63, 3.8) is 0 Å². The molecule has 0 saturated heterocycles. The predicted molar refractivity (Wildman–Crippen MR) is 130 cm³/mol. The molecular weight excluding hydrogens is 448 g/mol. The number of nitrogens with zero attached hydrogens (tertiary/aromatic N) is 3. The second kappa shape index (κ2) is 11.4. The topological polar surface area (TPSA) is 124 Å². The molecule has 3 aromatic carbocycles. The SMILES string of the molecule is Cc1ccccc1OC[C@@H](O)CN[C@@H](Cc1ccccc1)c1nc(-c2ccc([N+](=O)[O-])cc2)no1. The zero-order chi connectivity index (χ0) is 24.6. The van der Waals surface area contributed by atoms with Crippen molar-refractivity contribution < 1.29 is 19.3 Å². The quantitative estimate of drug-likeness (QED) is 0.244. The Bertz CT molecular complexity index is 1240. The lowest BCUT2D eigenvalue weighted by Crippen LogP contribution is -2.35. The Morgan fingerprint density at radius 2 is 1.77 bits per heavy atom. The summed E-state index contributed by atoms with van der Waals surface area (Å²) < 4.78 is 11.3. The lowest BCUT2D eigenvalue weighted by Gasteiger charge is -2.19. The maximum absolute atomic E-state index is 10.9. The number of aryl methyl sites for hydroxylation is 1. The van der Waals surface area contributed by atoms with E-state index in [0.29, 0.717) is 23.7 Å². The molecule has 0 spiro atoms. The molecule has 0 amide bonds. The van der Waals surface area contributed by atoms with Gasteiger partial charge in [-0.3, -0.25) is 10.1 Å². The molecule has 9 heteroatoms. The number of aliphatic hydroxyl groups is 1. The Morgan fingerprint density at radius 3 is 2.49 bits per heavy atom. The lowest BCUT2D eigenvalue weighted by atomic mass is 10.1. The van der Waals surface area contributed by atoms with E-state index in [9.17, 15) is 15.2 Å². The smallest absolute Gasteiger partial charge is 0.269 e. The highest BCUT2D eigenvalue weighted by atomic mass is 16.6. The van der Waals surface area contributed by atoms with Crippen molar-refractivity contribution in [1.82, 2.24) is 15.5 Å². The van der Waals surface area contributed by atoms with Crippen molar-refractivity contribution in [3.05, 3.63) is 106 Å². The molecule has 4 rings (SSSR count). The van der Waals surface area contributed by atoms with E-state index in [0.717, 1.165) is 16.9 Å². The molecule has 9 nitrogen and oxygen atoms in total. The zero-order valence-corrected chi connectivity index (χ0v) is 19.2. The number of ether oxygens (including phenoxy) is 1. The van der Waals surface area contributed by atoms with Gasteiger partial charge in [-0.25, -0.2) is 0 Å². The van der Waals surface area contributed by atoms with E-state index >= 15 is 0 Å². The van der Waals surface area contributed by atoms with Crippen LogP contribution in [0.25, 0.3) is 11.4 Å². The number of nitrogens with one attached hydrogen (secondary N) is 1. The third-order valence-corrected chi connectivity index (χ3v) is 5.48. The van der Waals surface area contributed by atoms with Crippen molar-refractivity contribution in [1.29, 1.82) is 0 Å². The van der Waals surface area contributed by atoms with Crippen LogP contribution in [-0.4, -0.2) is 39.4 Å². The summed E-state index contributed by atoms with van der Waals surface area (Å²) in [4.78, 5) is 15.0. The predicted octanol–water partition coefficient (Wildman–Crippen LogP) is 4.27. The van der Waals surface area contributed by atoms with E-state index in [-0.39, 0.29) is 24.9 Å². The third-order valence-electron chi connectivity index (χ3n) is 5.48. The minimum absolute atomic E-state index is 0.0111. The fourth-order valence-corrected chi connectivity index (χ4v) is 3.56. The van der Waals surface area contributed by atoms with Gasteiger partial charge in [0.05, 0.1) is 11.0 Å².